The molecule has 220 valence electrons. The molecule has 0 bridgehead atoms. The van der Waals surface area contributed by atoms with Crippen molar-refractivity contribution < 1.29 is 19.4 Å². The molecule has 0 saturated carbocycles. The molecule has 3 aromatic carbocycles. The highest BCUT2D eigenvalue weighted by molar-refractivity contribution is 5.90. The van der Waals surface area contributed by atoms with Gasteiger partial charge in [-0.25, -0.2) is 14.4 Å². The molecule has 10 nitrogen and oxygen atoms in total. The molecule has 0 spiro atoms. The summed E-state index contributed by atoms with van der Waals surface area (Å²) < 4.78 is 8.11. The lowest BCUT2D eigenvalue weighted by molar-refractivity contribution is 0.0525. The molecule has 0 radical (unpaired) electrons. The molecular formula is C34H28N4O6. The summed E-state index contributed by atoms with van der Waals surface area (Å²) in [5.74, 6) is -2.06. The number of rotatable bonds is 8. The fourth-order valence-electron chi connectivity index (χ4n) is 5.60. The number of esters is 1. The Labute approximate surface area is 251 Å². The van der Waals surface area contributed by atoms with Gasteiger partial charge in [0.15, 0.2) is 0 Å². The van der Waals surface area contributed by atoms with Gasteiger partial charge in [0.1, 0.15) is 0 Å². The first-order chi connectivity index (χ1) is 21.3. The van der Waals surface area contributed by atoms with Gasteiger partial charge in [-0.3, -0.25) is 19.0 Å². The Balaban J connectivity index is 1.43. The second-order valence-electron chi connectivity index (χ2n) is 10.5. The number of fused-ring (bicyclic) bond motifs is 2. The van der Waals surface area contributed by atoms with E-state index in [1.807, 2.05) is 66.7 Å². The molecule has 6 rings (SSSR count). The third-order valence-electron chi connectivity index (χ3n) is 7.55. The number of carbonyl (C=O) groups excluding carboxylic acids is 1. The fourth-order valence-corrected chi connectivity index (χ4v) is 5.60. The lowest BCUT2D eigenvalue weighted by atomic mass is 9.83. The number of carbonyl (C=O) groups is 2. The van der Waals surface area contributed by atoms with Crippen LogP contribution in [0.3, 0.4) is 0 Å². The summed E-state index contributed by atoms with van der Waals surface area (Å²) in [6.07, 6.45) is 8.29. The first-order valence-corrected chi connectivity index (χ1v) is 14.1. The average molecular weight is 589 g/mol. The van der Waals surface area contributed by atoms with Gasteiger partial charge in [-0.2, -0.15) is 5.10 Å². The Morgan fingerprint density at radius 2 is 1.50 bits per heavy atom. The number of nitrogens with zero attached hydrogens (tertiary/aromatic N) is 3. The predicted octanol–water partition coefficient (Wildman–Crippen LogP) is 4.37. The number of aromatic amines is 1. The standard InChI is InChI=1S/C34H28N4O6/c1-2-44-33(42)25-14-21(13-22(15-25)18-38-19-26(16-35-38)32(40)41)17-37-20-29(31(39)36-34(37)43)30-27-9-5-3-7-23(27)11-12-24-8-4-6-10-28(24)30/h3-16,19-20,30H,2,17-18H2,1H3,(H,40,41)(H,36,39,43). The number of hydrogen-bond donors (Lipinski definition) is 2. The molecule has 0 aliphatic heterocycles. The van der Waals surface area contributed by atoms with Crippen molar-refractivity contribution in [3.8, 4) is 0 Å². The quantitative estimate of drug-likeness (QED) is 0.252. The number of benzene rings is 3. The molecule has 2 heterocycles. The zero-order valence-electron chi connectivity index (χ0n) is 23.8. The van der Waals surface area contributed by atoms with Crippen LogP contribution in [0.2, 0.25) is 0 Å². The van der Waals surface area contributed by atoms with E-state index in [0.29, 0.717) is 16.7 Å². The van der Waals surface area contributed by atoms with Crippen molar-refractivity contribution in [2.45, 2.75) is 25.9 Å². The molecule has 0 amide bonds. The number of ether oxygens (including phenoxy) is 1. The second-order valence-corrected chi connectivity index (χ2v) is 10.5. The topological polar surface area (TPSA) is 136 Å². The minimum Gasteiger partial charge on any atom is -0.478 e. The minimum atomic E-state index is -1.10. The summed E-state index contributed by atoms with van der Waals surface area (Å²) >= 11 is 0. The highest BCUT2D eigenvalue weighted by atomic mass is 16.5. The van der Waals surface area contributed by atoms with Crippen molar-refractivity contribution in [1.82, 2.24) is 19.3 Å². The van der Waals surface area contributed by atoms with Crippen LogP contribution in [0.15, 0.2) is 94.9 Å². The van der Waals surface area contributed by atoms with Gasteiger partial charge in [0.25, 0.3) is 5.56 Å². The summed E-state index contributed by atoms with van der Waals surface area (Å²) in [4.78, 5) is 53.1. The maximum absolute atomic E-state index is 13.4. The van der Waals surface area contributed by atoms with Crippen LogP contribution in [0.1, 0.15) is 72.5 Å². The first-order valence-electron chi connectivity index (χ1n) is 14.1. The van der Waals surface area contributed by atoms with Crippen LogP contribution in [0.4, 0.5) is 0 Å². The Morgan fingerprint density at radius 3 is 2.11 bits per heavy atom. The van der Waals surface area contributed by atoms with Gasteiger partial charge >= 0.3 is 17.6 Å². The fraction of sp³-hybridized carbons (Fsp3) is 0.147. The summed E-state index contributed by atoms with van der Waals surface area (Å²) in [5.41, 5.74) is 4.76. The van der Waals surface area contributed by atoms with E-state index in [4.69, 9.17) is 4.74 Å². The third kappa shape index (κ3) is 5.65. The Morgan fingerprint density at radius 1 is 0.864 bits per heavy atom. The van der Waals surface area contributed by atoms with Gasteiger partial charge in [0.2, 0.25) is 0 Å². The van der Waals surface area contributed by atoms with E-state index in [0.717, 1.165) is 22.3 Å². The van der Waals surface area contributed by atoms with Gasteiger partial charge in [0.05, 0.1) is 37.0 Å². The number of aromatic nitrogens is 4. The monoisotopic (exact) mass is 588 g/mol. The molecule has 0 saturated heterocycles. The van der Waals surface area contributed by atoms with Gasteiger partial charge < -0.3 is 9.84 Å². The van der Waals surface area contributed by atoms with Crippen molar-refractivity contribution in [2.24, 2.45) is 0 Å². The summed E-state index contributed by atoms with van der Waals surface area (Å²) in [6, 6.07) is 20.8. The molecule has 44 heavy (non-hydrogen) atoms. The van der Waals surface area contributed by atoms with Crippen LogP contribution in [0.5, 0.6) is 0 Å². The number of hydrogen-bond acceptors (Lipinski definition) is 6. The van der Waals surface area contributed by atoms with Crippen LogP contribution in [-0.2, 0) is 17.8 Å². The van der Waals surface area contributed by atoms with Gasteiger partial charge in [-0.1, -0.05) is 66.7 Å². The number of aromatic carboxylic acids is 1. The van der Waals surface area contributed by atoms with Crippen LogP contribution in [-0.4, -0.2) is 43.0 Å². The minimum absolute atomic E-state index is 0.0379. The highest BCUT2D eigenvalue weighted by Crippen LogP contribution is 2.37. The van der Waals surface area contributed by atoms with E-state index in [2.05, 4.69) is 10.1 Å². The Bertz CT molecular complexity index is 2000. The van der Waals surface area contributed by atoms with E-state index < -0.39 is 29.1 Å². The maximum atomic E-state index is 13.4. The number of carboxylic acids is 1. The smallest absolute Gasteiger partial charge is 0.338 e. The Hall–Kier alpha value is -5.77. The van der Waals surface area contributed by atoms with Crippen LogP contribution < -0.4 is 11.2 Å². The molecule has 0 fully saturated rings. The molecule has 1 aliphatic carbocycles. The molecule has 5 aromatic rings. The molecule has 10 heteroatoms. The lowest BCUT2D eigenvalue weighted by Gasteiger charge is -2.21. The van der Waals surface area contributed by atoms with Gasteiger partial charge in [0, 0.05) is 23.9 Å². The van der Waals surface area contributed by atoms with E-state index >= 15 is 0 Å². The van der Waals surface area contributed by atoms with Crippen LogP contribution >= 0.6 is 0 Å². The molecule has 0 unspecified atom stereocenters. The molecule has 2 aromatic heterocycles. The molecule has 1 aliphatic rings. The number of carboxylic acid groups (broad SMARTS) is 1. The summed E-state index contributed by atoms with van der Waals surface area (Å²) in [5, 5.41) is 13.4. The molecule has 0 atom stereocenters. The summed E-state index contributed by atoms with van der Waals surface area (Å²) in [7, 11) is 0. The third-order valence-corrected chi connectivity index (χ3v) is 7.55. The van der Waals surface area contributed by atoms with Crippen molar-refractivity contribution in [2.75, 3.05) is 6.61 Å². The van der Waals surface area contributed by atoms with Crippen molar-refractivity contribution >= 4 is 24.1 Å². The first kappa shape index (κ1) is 28.4. The zero-order chi connectivity index (χ0) is 30.8. The summed E-state index contributed by atoms with van der Waals surface area (Å²) in [6.45, 7) is 2.13. The normalized spacial score (nSPS) is 12.3. The Kier molecular flexibility index (Phi) is 7.63. The van der Waals surface area contributed by atoms with Crippen molar-refractivity contribution in [3.05, 3.63) is 156 Å². The van der Waals surface area contributed by atoms with E-state index in [9.17, 15) is 24.3 Å². The van der Waals surface area contributed by atoms with E-state index in [1.165, 1.54) is 21.6 Å². The average Bonchev–Trinajstić information content (AvgIpc) is 3.41. The van der Waals surface area contributed by atoms with Crippen LogP contribution in [0, 0.1) is 0 Å². The maximum Gasteiger partial charge on any atom is 0.338 e. The molecular weight excluding hydrogens is 560 g/mol. The molecule has 2 N–H and O–H groups in total. The van der Waals surface area contributed by atoms with Gasteiger partial charge in [-0.05, 0) is 52.4 Å². The van der Waals surface area contributed by atoms with Crippen molar-refractivity contribution in [1.29, 1.82) is 0 Å². The lowest BCUT2D eigenvalue weighted by Crippen LogP contribution is -2.33. The van der Waals surface area contributed by atoms with E-state index in [1.54, 1.807) is 25.3 Å². The van der Waals surface area contributed by atoms with Crippen LogP contribution in [0.25, 0.3) is 12.2 Å². The number of H-pyrrole nitrogens is 1. The van der Waals surface area contributed by atoms with Gasteiger partial charge in [-0.15, -0.1) is 0 Å². The second kappa shape index (κ2) is 11.8. The predicted molar refractivity (Wildman–Crippen MR) is 164 cm³/mol. The largest absolute Gasteiger partial charge is 0.478 e. The van der Waals surface area contributed by atoms with E-state index in [-0.39, 0.29) is 30.8 Å². The zero-order valence-corrected chi connectivity index (χ0v) is 23.8. The highest BCUT2D eigenvalue weighted by Gasteiger charge is 2.26. The number of nitrogens with one attached hydrogen (secondary N) is 1. The van der Waals surface area contributed by atoms with Crippen molar-refractivity contribution in [3.63, 3.8) is 0 Å². The SMILES string of the molecule is CCOC(=O)c1cc(Cn2cc(C(=O)O)cn2)cc(Cn2cc(C3c4ccccc4C=Cc4ccccc43)c(=O)[nH]c2=O)c1.